The molecular formula is C14H16F2O3. The summed E-state index contributed by atoms with van der Waals surface area (Å²) in [4.78, 5) is 22.6. The molecule has 0 fully saturated rings. The van der Waals surface area contributed by atoms with E-state index >= 15 is 0 Å². The number of hydrogen-bond donors (Lipinski definition) is 0. The van der Waals surface area contributed by atoms with Gasteiger partial charge in [-0.2, -0.15) is 0 Å². The Morgan fingerprint density at radius 1 is 1.16 bits per heavy atom. The average Bonchev–Trinajstić information content (AvgIpc) is 2.37. The molecule has 5 heteroatoms. The molecular weight excluding hydrogens is 254 g/mol. The van der Waals surface area contributed by atoms with E-state index in [0.29, 0.717) is 0 Å². The molecule has 1 aromatic carbocycles. The van der Waals surface area contributed by atoms with Crippen molar-refractivity contribution in [2.45, 2.75) is 33.1 Å². The van der Waals surface area contributed by atoms with Crippen LogP contribution in [0.15, 0.2) is 12.1 Å². The number of ketones is 1. The lowest BCUT2D eigenvalue weighted by Gasteiger charge is -2.05. The Labute approximate surface area is 110 Å². The minimum Gasteiger partial charge on any atom is -0.466 e. The molecule has 3 nitrogen and oxygen atoms in total. The van der Waals surface area contributed by atoms with Gasteiger partial charge in [0.2, 0.25) is 0 Å². The Morgan fingerprint density at radius 2 is 1.84 bits per heavy atom. The Morgan fingerprint density at radius 3 is 2.47 bits per heavy atom. The van der Waals surface area contributed by atoms with E-state index < -0.39 is 17.6 Å². The van der Waals surface area contributed by atoms with Gasteiger partial charge in [-0.25, -0.2) is 8.78 Å². The van der Waals surface area contributed by atoms with E-state index in [0.717, 1.165) is 0 Å². The predicted molar refractivity (Wildman–Crippen MR) is 65.7 cm³/mol. The van der Waals surface area contributed by atoms with Crippen molar-refractivity contribution >= 4 is 11.8 Å². The second-order valence-corrected chi connectivity index (χ2v) is 4.19. The largest absolute Gasteiger partial charge is 0.466 e. The Hall–Kier alpha value is -1.78. The maximum atomic E-state index is 13.5. The molecule has 0 N–H and O–H groups in total. The standard InChI is InChI=1S/C14H16F2O3/c1-3-19-12(18)7-6-11(17)8-10-5-4-9(2)13(15)14(10)16/h4-5H,3,6-8H2,1-2H3. The highest BCUT2D eigenvalue weighted by atomic mass is 19.2. The summed E-state index contributed by atoms with van der Waals surface area (Å²) in [5.41, 5.74) is 0.206. The Kier molecular flexibility index (Phi) is 5.60. The summed E-state index contributed by atoms with van der Waals surface area (Å²) < 4.78 is 31.5. The number of halogens is 2. The number of aryl methyl sites for hydroxylation is 1. The van der Waals surface area contributed by atoms with Gasteiger partial charge in [-0.05, 0) is 25.0 Å². The van der Waals surface area contributed by atoms with Crippen LogP contribution in [0.5, 0.6) is 0 Å². The van der Waals surface area contributed by atoms with Crippen molar-refractivity contribution in [1.29, 1.82) is 0 Å². The average molecular weight is 270 g/mol. The first-order chi connectivity index (χ1) is 8.95. The number of benzene rings is 1. The van der Waals surface area contributed by atoms with E-state index in [-0.39, 0.29) is 42.8 Å². The number of carbonyl (C=O) groups is 2. The number of hydrogen-bond acceptors (Lipinski definition) is 3. The van der Waals surface area contributed by atoms with Gasteiger partial charge in [-0.3, -0.25) is 9.59 Å². The second-order valence-electron chi connectivity index (χ2n) is 4.19. The van der Waals surface area contributed by atoms with Crippen LogP contribution in [-0.2, 0) is 20.7 Å². The molecule has 0 aliphatic rings. The van der Waals surface area contributed by atoms with Crippen LogP contribution in [-0.4, -0.2) is 18.4 Å². The van der Waals surface area contributed by atoms with Crippen molar-refractivity contribution in [2.24, 2.45) is 0 Å². The lowest BCUT2D eigenvalue weighted by atomic mass is 10.0. The van der Waals surface area contributed by atoms with Crippen molar-refractivity contribution in [1.82, 2.24) is 0 Å². The third-order valence-corrected chi connectivity index (χ3v) is 2.66. The molecule has 0 aliphatic heterocycles. The molecule has 104 valence electrons. The molecule has 0 heterocycles. The van der Waals surface area contributed by atoms with Crippen molar-refractivity contribution in [3.05, 3.63) is 34.9 Å². The van der Waals surface area contributed by atoms with Gasteiger partial charge in [0.15, 0.2) is 11.6 Å². The molecule has 0 radical (unpaired) electrons. The molecule has 1 aromatic rings. The van der Waals surface area contributed by atoms with E-state index in [1.807, 2.05) is 0 Å². The lowest BCUT2D eigenvalue weighted by molar-refractivity contribution is -0.144. The number of carbonyl (C=O) groups excluding carboxylic acids is 2. The summed E-state index contributed by atoms with van der Waals surface area (Å²) in [7, 11) is 0. The molecule has 0 bridgehead atoms. The molecule has 0 saturated carbocycles. The quantitative estimate of drug-likeness (QED) is 0.746. The van der Waals surface area contributed by atoms with Crippen LogP contribution in [0.3, 0.4) is 0 Å². The van der Waals surface area contributed by atoms with Crippen LogP contribution in [0.25, 0.3) is 0 Å². The molecule has 1 rings (SSSR count). The fourth-order valence-electron chi connectivity index (χ4n) is 1.60. The number of esters is 1. The molecule has 0 atom stereocenters. The normalized spacial score (nSPS) is 10.3. The van der Waals surface area contributed by atoms with Gasteiger partial charge in [0.05, 0.1) is 13.0 Å². The summed E-state index contributed by atoms with van der Waals surface area (Å²) in [6.07, 6.45) is -0.293. The Bertz CT molecular complexity index is 484. The van der Waals surface area contributed by atoms with Gasteiger partial charge < -0.3 is 4.74 Å². The van der Waals surface area contributed by atoms with E-state index in [9.17, 15) is 18.4 Å². The number of rotatable bonds is 6. The first-order valence-corrected chi connectivity index (χ1v) is 6.06. The van der Waals surface area contributed by atoms with Gasteiger partial charge >= 0.3 is 5.97 Å². The fourth-order valence-corrected chi connectivity index (χ4v) is 1.60. The maximum Gasteiger partial charge on any atom is 0.306 e. The number of ether oxygens (including phenoxy) is 1. The summed E-state index contributed by atoms with van der Waals surface area (Å²) in [5.74, 6) is -2.72. The minimum atomic E-state index is -0.996. The van der Waals surface area contributed by atoms with Crippen LogP contribution >= 0.6 is 0 Å². The molecule has 19 heavy (non-hydrogen) atoms. The Balaban J connectivity index is 2.58. The highest BCUT2D eigenvalue weighted by Crippen LogP contribution is 2.16. The van der Waals surface area contributed by atoms with Gasteiger partial charge in [-0.1, -0.05) is 12.1 Å². The first-order valence-electron chi connectivity index (χ1n) is 6.06. The summed E-state index contributed by atoms with van der Waals surface area (Å²) in [5, 5.41) is 0. The van der Waals surface area contributed by atoms with Crippen LogP contribution in [0, 0.1) is 18.6 Å². The van der Waals surface area contributed by atoms with E-state index in [1.165, 1.54) is 19.1 Å². The zero-order valence-corrected chi connectivity index (χ0v) is 11.0. The molecule has 0 aromatic heterocycles. The highest BCUT2D eigenvalue weighted by molar-refractivity contribution is 5.84. The summed E-state index contributed by atoms with van der Waals surface area (Å²) in [6.45, 7) is 3.37. The molecule has 0 saturated heterocycles. The minimum absolute atomic E-state index is 0.0111. The van der Waals surface area contributed by atoms with Crippen molar-refractivity contribution in [3.63, 3.8) is 0 Å². The van der Waals surface area contributed by atoms with Crippen LogP contribution in [0.4, 0.5) is 8.78 Å². The van der Waals surface area contributed by atoms with Crippen LogP contribution in [0.1, 0.15) is 30.9 Å². The third-order valence-electron chi connectivity index (χ3n) is 2.66. The smallest absolute Gasteiger partial charge is 0.306 e. The zero-order valence-electron chi connectivity index (χ0n) is 11.0. The maximum absolute atomic E-state index is 13.5. The van der Waals surface area contributed by atoms with Gasteiger partial charge in [0.25, 0.3) is 0 Å². The monoisotopic (exact) mass is 270 g/mol. The zero-order chi connectivity index (χ0) is 14.4. The van der Waals surface area contributed by atoms with Crippen LogP contribution < -0.4 is 0 Å². The van der Waals surface area contributed by atoms with E-state index in [2.05, 4.69) is 4.74 Å². The second kappa shape index (κ2) is 6.97. The first kappa shape index (κ1) is 15.3. The van der Waals surface area contributed by atoms with Crippen LogP contribution in [0.2, 0.25) is 0 Å². The van der Waals surface area contributed by atoms with E-state index in [4.69, 9.17) is 0 Å². The van der Waals surface area contributed by atoms with Gasteiger partial charge in [0, 0.05) is 12.8 Å². The SMILES string of the molecule is CCOC(=O)CCC(=O)Cc1ccc(C)c(F)c1F. The molecule has 0 aliphatic carbocycles. The summed E-state index contributed by atoms with van der Waals surface area (Å²) >= 11 is 0. The van der Waals surface area contributed by atoms with Crippen molar-refractivity contribution in [3.8, 4) is 0 Å². The predicted octanol–water partition coefficient (Wildman–Crippen LogP) is 2.73. The van der Waals surface area contributed by atoms with E-state index in [1.54, 1.807) is 6.92 Å². The van der Waals surface area contributed by atoms with Crippen molar-refractivity contribution in [2.75, 3.05) is 6.61 Å². The fraction of sp³-hybridized carbons (Fsp3) is 0.429. The molecule has 0 unspecified atom stereocenters. The summed E-state index contributed by atoms with van der Waals surface area (Å²) in [6, 6.07) is 2.81. The molecule has 0 amide bonds. The third kappa shape index (κ3) is 4.43. The van der Waals surface area contributed by atoms with Crippen molar-refractivity contribution < 1.29 is 23.1 Å². The topological polar surface area (TPSA) is 43.4 Å². The van der Waals surface area contributed by atoms with Gasteiger partial charge in [0.1, 0.15) is 5.78 Å². The van der Waals surface area contributed by atoms with Gasteiger partial charge in [-0.15, -0.1) is 0 Å². The molecule has 0 spiro atoms. The lowest BCUT2D eigenvalue weighted by Crippen LogP contribution is -2.10. The highest BCUT2D eigenvalue weighted by Gasteiger charge is 2.15. The number of Topliss-reactive ketones (excluding diaryl/α,β-unsaturated/α-hetero) is 1.